The molecular weight excluding hydrogens is 512 g/mol. The van der Waals surface area contributed by atoms with Crippen molar-refractivity contribution in [2.75, 3.05) is 0 Å². The van der Waals surface area contributed by atoms with E-state index >= 15 is 0 Å². The fourth-order valence-electron chi connectivity index (χ4n) is 4.07. The molecule has 0 unspecified atom stereocenters. The average Bonchev–Trinajstić information content (AvgIpc) is 3.35. The van der Waals surface area contributed by atoms with E-state index in [-0.39, 0.29) is 0 Å². The van der Waals surface area contributed by atoms with Crippen LogP contribution < -0.4 is 0 Å². The Bertz CT molecular complexity index is 1460. The highest BCUT2D eigenvalue weighted by Crippen LogP contribution is 2.50. The van der Waals surface area contributed by atoms with Gasteiger partial charge >= 0.3 is 0 Å². The first kappa shape index (κ1) is 20.3. The fraction of sp³-hybridized carbons (Fsp3) is 0. The Hall–Kier alpha value is -2.37. The van der Waals surface area contributed by atoms with Gasteiger partial charge in [0.2, 0.25) is 0 Å². The molecule has 0 atom stereocenters. The number of hydrogen-bond donors (Lipinski definition) is 1. The normalized spacial score (nSPS) is 11.4. The molecule has 154 valence electrons. The molecule has 0 amide bonds. The van der Waals surface area contributed by atoms with Gasteiger partial charge in [-0.25, -0.2) is 0 Å². The molecule has 0 N–H and O–H groups in total. The highest BCUT2D eigenvalue weighted by molar-refractivity contribution is 9.10. The third-order valence-electron chi connectivity index (χ3n) is 5.71. The van der Waals surface area contributed by atoms with Gasteiger partial charge in [-0.2, -0.15) is 0 Å². The second kappa shape index (κ2) is 8.20. The first-order chi connectivity index (χ1) is 15.7. The maximum Gasteiger partial charge on any atom is 0.0609 e. The predicted molar refractivity (Wildman–Crippen MR) is 148 cm³/mol. The maximum atomic E-state index is 4.95. The zero-order valence-electron chi connectivity index (χ0n) is 16.9. The van der Waals surface area contributed by atoms with Crippen molar-refractivity contribution in [2.24, 2.45) is 0 Å². The lowest BCUT2D eigenvalue weighted by atomic mass is 10.0. The fourth-order valence-corrected chi connectivity index (χ4v) is 8.13. The third-order valence-corrected chi connectivity index (χ3v) is 9.88. The molecule has 0 radical (unpaired) electrons. The molecule has 0 nitrogen and oxygen atoms in total. The van der Waals surface area contributed by atoms with Crippen LogP contribution in [0.5, 0.6) is 0 Å². The average molecular weight is 530 g/mol. The summed E-state index contributed by atoms with van der Waals surface area (Å²) >= 11 is 12.5. The molecule has 0 aliphatic carbocycles. The Balaban J connectivity index is 1.48. The molecule has 2 aromatic heterocycles. The lowest BCUT2D eigenvalue weighted by molar-refractivity contribution is 1.63. The van der Waals surface area contributed by atoms with Crippen molar-refractivity contribution in [1.82, 2.24) is 0 Å². The van der Waals surface area contributed by atoms with Gasteiger partial charge in [0.25, 0.3) is 0 Å². The van der Waals surface area contributed by atoms with Crippen LogP contribution in [0.1, 0.15) is 0 Å². The Morgan fingerprint density at radius 1 is 0.531 bits per heavy atom. The Labute approximate surface area is 208 Å². The number of benzene rings is 4. The molecule has 6 rings (SSSR count). The van der Waals surface area contributed by atoms with Crippen LogP contribution in [0, 0.1) is 0 Å². The predicted octanol–water partition coefficient (Wildman–Crippen LogP) is 10.2. The van der Waals surface area contributed by atoms with Gasteiger partial charge in [0.1, 0.15) is 0 Å². The summed E-state index contributed by atoms with van der Waals surface area (Å²) in [6.45, 7) is 0. The summed E-state index contributed by atoms with van der Waals surface area (Å²) in [5.41, 5.74) is 4.96. The molecule has 0 aliphatic heterocycles. The van der Waals surface area contributed by atoms with Gasteiger partial charge in [0.05, 0.1) is 9.75 Å². The van der Waals surface area contributed by atoms with Crippen molar-refractivity contribution in [3.8, 4) is 32.0 Å². The van der Waals surface area contributed by atoms with E-state index in [4.69, 9.17) is 12.6 Å². The van der Waals surface area contributed by atoms with E-state index in [9.17, 15) is 0 Å². The summed E-state index contributed by atoms with van der Waals surface area (Å²) < 4.78 is 3.70. The Morgan fingerprint density at radius 3 is 1.62 bits per heavy atom. The van der Waals surface area contributed by atoms with E-state index in [1.54, 1.807) is 0 Å². The zero-order valence-corrected chi connectivity index (χ0v) is 21.0. The molecular formula is C28H17BrS3. The molecule has 0 spiro atoms. The highest BCUT2D eigenvalue weighted by Gasteiger charge is 2.19. The van der Waals surface area contributed by atoms with Gasteiger partial charge in [-0.05, 0) is 50.3 Å². The number of thiol groups is 1. The minimum Gasteiger partial charge on any atom is -0.141 e. The van der Waals surface area contributed by atoms with E-state index < -0.39 is 0 Å². The van der Waals surface area contributed by atoms with Crippen LogP contribution in [-0.4, -0.2) is 0 Å². The largest absolute Gasteiger partial charge is 0.141 e. The van der Waals surface area contributed by atoms with Gasteiger partial charge in [0, 0.05) is 29.5 Å². The summed E-state index contributed by atoms with van der Waals surface area (Å²) in [6, 6.07) is 34.5. The molecule has 6 aromatic rings. The van der Waals surface area contributed by atoms with Gasteiger partial charge in [-0.1, -0.05) is 84.9 Å². The summed E-state index contributed by atoms with van der Waals surface area (Å²) in [4.78, 5) is 3.53. The van der Waals surface area contributed by atoms with E-state index in [0.29, 0.717) is 0 Å². The molecule has 2 heterocycles. The maximum absolute atomic E-state index is 4.95. The van der Waals surface area contributed by atoms with Gasteiger partial charge < -0.3 is 0 Å². The Kier molecular flexibility index (Phi) is 5.19. The van der Waals surface area contributed by atoms with Crippen LogP contribution in [0.15, 0.2) is 106 Å². The molecule has 4 heteroatoms. The molecule has 0 saturated carbocycles. The van der Waals surface area contributed by atoms with E-state index in [1.165, 1.54) is 52.2 Å². The lowest BCUT2D eigenvalue weighted by Crippen LogP contribution is -1.76. The van der Waals surface area contributed by atoms with Gasteiger partial charge in [-0.3, -0.25) is 0 Å². The molecule has 4 aromatic carbocycles. The summed E-state index contributed by atoms with van der Waals surface area (Å²) in [7, 11) is 0. The summed E-state index contributed by atoms with van der Waals surface area (Å²) in [5, 5.41) is 2.46. The summed E-state index contributed by atoms with van der Waals surface area (Å²) in [5.74, 6) is 0. The zero-order chi connectivity index (χ0) is 21.7. The molecule has 0 saturated heterocycles. The first-order valence-corrected chi connectivity index (χ1v) is 13.1. The second-order valence-corrected chi connectivity index (χ2v) is 11.0. The van der Waals surface area contributed by atoms with E-state index in [0.717, 1.165) is 9.37 Å². The van der Waals surface area contributed by atoms with E-state index in [1.807, 2.05) is 22.7 Å². The first-order valence-electron chi connectivity index (χ1n) is 10.3. The van der Waals surface area contributed by atoms with Crippen molar-refractivity contribution in [3.63, 3.8) is 0 Å². The molecule has 0 bridgehead atoms. The van der Waals surface area contributed by atoms with Crippen molar-refractivity contribution >= 4 is 71.4 Å². The van der Waals surface area contributed by atoms with Gasteiger partial charge in [0.15, 0.2) is 0 Å². The van der Waals surface area contributed by atoms with Crippen LogP contribution in [0.3, 0.4) is 0 Å². The smallest absolute Gasteiger partial charge is 0.0609 e. The number of thiophene rings is 2. The lowest BCUT2D eigenvalue weighted by Gasteiger charge is -2.01. The third kappa shape index (κ3) is 3.43. The topological polar surface area (TPSA) is 0 Å². The van der Waals surface area contributed by atoms with Crippen LogP contribution in [0.2, 0.25) is 0 Å². The molecule has 32 heavy (non-hydrogen) atoms. The minimum absolute atomic E-state index is 1.06. The van der Waals surface area contributed by atoms with Crippen LogP contribution in [0.4, 0.5) is 0 Å². The SMILES string of the molecule is Sc1c(-c2sc3cc(-c4ccccc4)ccc3c2Br)sc2cc(-c3ccccc3)ccc12. The monoisotopic (exact) mass is 528 g/mol. The van der Waals surface area contributed by atoms with Crippen molar-refractivity contribution < 1.29 is 0 Å². The number of fused-ring (bicyclic) bond motifs is 2. The minimum atomic E-state index is 1.06. The van der Waals surface area contributed by atoms with Crippen LogP contribution in [0.25, 0.3) is 52.2 Å². The quantitative estimate of drug-likeness (QED) is 0.217. The number of hydrogen-bond acceptors (Lipinski definition) is 3. The van der Waals surface area contributed by atoms with E-state index in [2.05, 4.69) is 113 Å². The molecule has 0 aliphatic rings. The Morgan fingerprint density at radius 2 is 1.03 bits per heavy atom. The van der Waals surface area contributed by atoms with Gasteiger partial charge in [-0.15, -0.1) is 35.3 Å². The van der Waals surface area contributed by atoms with Crippen molar-refractivity contribution in [1.29, 1.82) is 0 Å². The summed E-state index contributed by atoms with van der Waals surface area (Å²) in [6.07, 6.45) is 0. The number of rotatable bonds is 3. The highest BCUT2D eigenvalue weighted by atomic mass is 79.9. The standard InChI is InChI=1S/C28H17BrS3/c29-25-21-13-11-19(17-7-3-1-4-8-17)15-23(21)31-27(25)28-26(30)22-14-12-20(16-24(22)32-28)18-9-5-2-6-10-18/h1-16,30H. The molecule has 0 fully saturated rings. The van der Waals surface area contributed by atoms with Crippen molar-refractivity contribution in [2.45, 2.75) is 4.90 Å². The number of halogens is 1. The van der Waals surface area contributed by atoms with Crippen molar-refractivity contribution in [3.05, 3.63) is 102 Å². The van der Waals surface area contributed by atoms with Crippen LogP contribution in [-0.2, 0) is 0 Å². The second-order valence-electron chi connectivity index (χ2n) is 7.68. The van der Waals surface area contributed by atoms with Crippen LogP contribution >= 0.6 is 51.2 Å².